The van der Waals surface area contributed by atoms with E-state index in [9.17, 15) is 9.59 Å². The van der Waals surface area contributed by atoms with Gasteiger partial charge in [-0.3, -0.25) is 19.5 Å². The highest BCUT2D eigenvalue weighted by Crippen LogP contribution is 2.28. The smallest absolute Gasteiger partial charge is 0.246 e. The first-order valence-electron chi connectivity index (χ1n) is 12.5. The average Bonchev–Trinajstić information content (AvgIpc) is 3.21. The highest BCUT2D eigenvalue weighted by Gasteiger charge is 2.27. The van der Waals surface area contributed by atoms with E-state index >= 15 is 0 Å². The van der Waals surface area contributed by atoms with Crippen LogP contribution in [-0.2, 0) is 34.3 Å². The van der Waals surface area contributed by atoms with Crippen LogP contribution in [0.2, 0.25) is 0 Å². The van der Waals surface area contributed by atoms with Gasteiger partial charge in [-0.1, -0.05) is 18.2 Å². The van der Waals surface area contributed by atoms with Crippen molar-refractivity contribution in [3.63, 3.8) is 0 Å². The standard InChI is InChI=1S/C28H33N5O3/c1-31(19-24-17-20-5-3-4-6-26(20)32(24)2)27(34)8-7-23-16-22-15-21(28(35)30-25(22)18-29-23)9-10-33-11-13-36-14-12-33/h3-8,16-18,21H,9-15,19H2,1-2H3,(H,30,35)/b8-7+. The summed E-state index contributed by atoms with van der Waals surface area (Å²) < 4.78 is 7.53. The van der Waals surface area contributed by atoms with Gasteiger partial charge in [0.25, 0.3) is 0 Å². The molecule has 1 N–H and O–H groups in total. The second kappa shape index (κ2) is 10.6. The third kappa shape index (κ3) is 5.34. The van der Waals surface area contributed by atoms with E-state index in [0.29, 0.717) is 18.7 Å². The number of hydrogen-bond acceptors (Lipinski definition) is 5. The zero-order chi connectivity index (χ0) is 25.1. The summed E-state index contributed by atoms with van der Waals surface area (Å²) in [5.41, 5.74) is 4.76. The van der Waals surface area contributed by atoms with Crippen LogP contribution in [0.5, 0.6) is 0 Å². The minimum Gasteiger partial charge on any atom is -0.379 e. The maximum absolute atomic E-state index is 12.8. The van der Waals surface area contributed by atoms with Gasteiger partial charge in [-0.25, -0.2) is 0 Å². The normalized spacial score (nSPS) is 18.4. The molecule has 0 bridgehead atoms. The molecule has 1 aromatic carbocycles. The van der Waals surface area contributed by atoms with Crippen molar-refractivity contribution in [2.75, 3.05) is 45.2 Å². The van der Waals surface area contributed by atoms with Crippen LogP contribution in [0, 0.1) is 5.92 Å². The summed E-state index contributed by atoms with van der Waals surface area (Å²) in [7, 11) is 3.83. The van der Waals surface area contributed by atoms with Crippen molar-refractivity contribution >= 4 is 34.5 Å². The van der Waals surface area contributed by atoms with E-state index in [-0.39, 0.29) is 17.7 Å². The molecule has 0 spiro atoms. The summed E-state index contributed by atoms with van der Waals surface area (Å²) in [6, 6.07) is 12.3. The maximum atomic E-state index is 12.8. The van der Waals surface area contributed by atoms with Gasteiger partial charge in [0.15, 0.2) is 0 Å². The maximum Gasteiger partial charge on any atom is 0.246 e. The van der Waals surface area contributed by atoms with E-state index in [0.717, 1.165) is 61.7 Å². The van der Waals surface area contributed by atoms with Crippen LogP contribution < -0.4 is 5.32 Å². The predicted octanol–water partition coefficient (Wildman–Crippen LogP) is 3.08. The monoisotopic (exact) mass is 487 g/mol. The Labute approximate surface area is 211 Å². The Bertz CT molecular complexity index is 1290. The number of carbonyl (C=O) groups excluding carboxylic acids is 2. The number of morpholine rings is 1. The summed E-state index contributed by atoms with van der Waals surface area (Å²) in [4.78, 5) is 33.9. The SMILES string of the molecule is CN(Cc1cc2ccccc2n1C)C(=O)/C=C/c1cc2c(cn1)NC(=O)C(CCN1CCOCC1)C2. The third-order valence-corrected chi connectivity index (χ3v) is 7.23. The molecule has 36 heavy (non-hydrogen) atoms. The first-order valence-corrected chi connectivity index (χ1v) is 12.5. The number of para-hydroxylation sites is 1. The molecule has 3 aromatic rings. The van der Waals surface area contributed by atoms with Gasteiger partial charge in [0.1, 0.15) is 0 Å². The molecular weight excluding hydrogens is 454 g/mol. The van der Waals surface area contributed by atoms with Gasteiger partial charge < -0.3 is 19.5 Å². The van der Waals surface area contributed by atoms with Gasteiger partial charge in [-0.15, -0.1) is 0 Å². The van der Waals surface area contributed by atoms with Crippen LogP contribution in [0.25, 0.3) is 17.0 Å². The molecule has 2 amide bonds. The number of aromatic nitrogens is 2. The van der Waals surface area contributed by atoms with Gasteiger partial charge >= 0.3 is 0 Å². The molecule has 0 saturated carbocycles. The van der Waals surface area contributed by atoms with E-state index in [1.165, 1.54) is 5.39 Å². The van der Waals surface area contributed by atoms with Crippen molar-refractivity contribution in [1.82, 2.24) is 19.4 Å². The van der Waals surface area contributed by atoms with Crippen LogP contribution in [0.3, 0.4) is 0 Å². The quantitative estimate of drug-likeness (QED) is 0.518. The van der Waals surface area contributed by atoms with E-state index in [1.54, 1.807) is 30.3 Å². The lowest BCUT2D eigenvalue weighted by atomic mass is 9.91. The molecule has 1 fully saturated rings. The fourth-order valence-electron chi connectivity index (χ4n) is 4.98. The topological polar surface area (TPSA) is 79.7 Å². The van der Waals surface area contributed by atoms with Crippen LogP contribution >= 0.6 is 0 Å². The molecule has 0 radical (unpaired) electrons. The summed E-state index contributed by atoms with van der Waals surface area (Å²) >= 11 is 0. The van der Waals surface area contributed by atoms with E-state index in [1.807, 2.05) is 25.2 Å². The number of carbonyl (C=O) groups is 2. The Kier molecular flexibility index (Phi) is 7.16. The Morgan fingerprint density at radius 3 is 2.86 bits per heavy atom. The van der Waals surface area contributed by atoms with Crippen molar-refractivity contribution < 1.29 is 14.3 Å². The lowest BCUT2D eigenvalue weighted by Crippen LogP contribution is -2.39. The molecule has 2 aliphatic heterocycles. The molecule has 5 rings (SSSR count). The summed E-state index contributed by atoms with van der Waals surface area (Å²) in [6.45, 7) is 4.78. The number of nitrogens with zero attached hydrogens (tertiary/aromatic N) is 4. The summed E-state index contributed by atoms with van der Waals surface area (Å²) in [6.07, 6.45) is 6.50. The van der Waals surface area contributed by atoms with Crippen LogP contribution in [-0.4, -0.2) is 71.1 Å². The van der Waals surface area contributed by atoms with Crippen molar-refractivity contribution in [2.45, 2.75) is 19.4 Å². The van der Waals surface area contributed by atoms with Crippen LogP contribution in [0.1, 0.15) is 23.4 Å². The van der Waals surface area contributed by atoms with Crippen molar-refractivity contribution in [2.24, 2.45) is 13.0 Å². The number of likely N-dealkylation sites (N-methyl/N-ethyl adjacent to an activating group) is 1. The lowest BCUT2D eigenvalue weighted by molar-refractivity contribution is -0.125. The summed E-state index contributed by atoms with van der Waals surface area (Å²) in [5.74, 6) is -0.0874. The first-order chi connectivity index (χ1) is 17.5. The molecule has 4 heterocycles. The fourth-order valence-corrected chi connectivity index (χ4v) is 4.98. The van der Waals surface area contributed by atoms with Gasteiger partial charge in [0.2, 0.25) is 11.8 Å². The number of fused-ring (bicyclic) bond motifs is 2. The molecule has 1 saturated heterocycles. The number of hydrogen-bond donors (Lipinski definition) is 1. The number of anilines is 1. The minimum atomic E-state index is -0.0866. The summed E-state index contributed by atoms with van der Waals surface area (Å²) in [5, 5.41) is 4.17. The Hall–Kier alpha value is -3.49. The van der Waals surface area contributed by atoms with Crippen molar-refractivity contribution in [3.8, 4) is 0 Å². The Morgan fingerprint density at radius 2 is 2.06 bits per heavy atom. The van der Waals surface area contributed by atoms with Crippen molar-refractivity contribution in [1.29, 1.82) is 0 Å². The number of aryl methyl sites for hydroxylation is 1. The number of nitrogens with one attached hydrogen (secondary N) is 1. The van der Waals surface area contributed by atoms with Crippen LogP contribution in [0.15, 0.2) is 48.7 Å². The van der Waals surface area contributed by atoms with E-state index in [2.05, 4.69) is 38.0 Å². The molecule has 2 aliphatic rings. The van der Waals surface area contributed by atoms with E-state index in [4.69, 9.17) is 4.74 Å². The first kappa shape index (κ1) is 24.2. The van der Waals surface area contributed by atoms with Gasteiger partial charge in [0.05, 0.1) is 37.3 Å². The fraction of sp³-hybridized carbons (Fsp3) is 0.393. The highest BCUT2D eigenvalue weighted by molar-refractivity contribution is 5.96. The Balaban J connectivity index is 1.21. The third-order valence-electron chi connectivity index (χ3n) is 7.23. The molecule has 8 nitrogen and oxygen atoms in total. The van der Waals surface area contributed by atoms with E-state index < -0.39 is 0 Å². The molecular formula is C28H33N5O3. The molecule has 0 aliphatic carbocycles. The second-order valence-corrected chi connectivity index (χ2v) is 9.68. The van der Waals surface area contributed by atoms with Crippen molar-refractivity contribution in [3.05, 3.63) is 65.6 Å². The lowest BCUT2D eigenvalue weighted by Gasteiger charge is -2.30. The van der Waals surface area contributed by atoms with Gasteiger partial charge in [0, 0.05) is 50.4 Å². The largest absolute Gasteiger partial charge is 0.379 e. The number of amides is 2. The zero-order valence-electron chi connectivity index (χ0n) is 20.9. The number of rotatable bonds is 7. The minimum absolute atomic E-state index is 0.0611. The highest BCUT2D eigenvalue weighted by atomic mass is 16.5. The molecule has 188 valence electrons. The Morgan fingerprint density at radius 1 is 1.25 bits per heavy atom. The molecule has 8 heteroatoms. The average molecular weight is 488 g/mol. The molecule has 1 unspecified atom stereocenters. The second-order valence-electron chi connectivity index (χ2n) is 9.68. The number of ether oxygens (including phenoxy) is 1. The zero-order valence-corrected chi connectivity index (χ0v) is 20.9. The van der Waals surface area contributed by atoms with Crippen LogP contribution in [0.4, 0.5) is 5.69 Å². The molecule has 1 atom stereocenters. The predicted molar refractivity (Wildman–Crippen MR) is 140 cm³/mol. The molecule has 2 aromatic heterocycles. The van der Waals surface area contributed by atoms with Gasteiger partial charge in [-0.05, 0) is 54.6 Å². The van der Waals surface area contributed by atoms with Gasteiger partial charge in [-0.2, -0.15) is 0 Å². The number of pyridine rings is 1. The number of benzene rings is 1.